The highest BCUT2D eigenvalue weighted by molar-refractivity contribution is 8.26. The third-order valence-corrected chi connectivity index (χ3v) is 5.42. The summed E-state index contributed by atoms with van der Waals surface area (Å²) < 4.78 is 30.6. The predicted molar refractivity (Wildman–Crippen MR) is 103 cm³/mol. The molecule has 0 aromatic heterocycles. The number of rotatable bonds is 6. The number of carbonyl (C=O) groups is 1. The Kier molecular flexibility index (Phi) is 6.53. The number of benzene rings is 1. The Morgan fingerprint density at radius 3 is 2.54 bits per heavy atom. The van der Waals surface area contributed by atoms with Crippen LogP contribution in [0.1, 0.15) is 5.56 Å². The number of allylic oxidation sites excluding steroid dienone is 2. The summed E-state index contributed by atoms with van der Waals surface area (Å²) in [5, 5.41) is 10.8. The number of nitrogens with zero attached hydrogens (tertiary/aromatic N) is 2. The van der Waals surface area contributed by atoms with Crippen LogP contribution in [0.2, 0.25) is 0 Å². The minimum atomic E-state index is -4.22. The van der Waals surface area contributed by atoms with Gasteiger partial charge in [0.1, 0.15) is 4.32 Å². The molecule has 1 saturated heterocycles. The molecule has 0 aliphatic carbocycles. The molecule has 12 heteroatoms. The number of thiocarbonyl (C=S) groups is 1. The van der Waals surface area contributed by atoms with Gasteiger partial charge in [-0.3, -0.25) is 24.4 Å². The zero-order valence-corrected chi connectivity index (χ0v) is 16.1. The molecule has 1 aliphatic rings. The Morgan fingerprint density at radius 1 is 1.38 bits per heavy atom. The van der Waals surface area contributed by atoms with E-state index in [0.717, 1.165) is 16.7 Å². The average molecular weight is 435 g/mol. The number of thioether (sulfide) groups is 1. The largest absolute Gasteiger partial charge is 0.292 e. The van der Waals surface area contributed by atoms with Crippen molar-refractivity contribution in [2.75, 3.05) is 12.3 Å². The lowest BCUT2D eigenvalue weighted by Gasteiger charge is -2.12. The van der Waals surface area contributed by atoms with E-state index in [-0.39, 0.29) is 26.5 Å². The Bertz CT molecular complexity index is 925. The van der Waals surface area contributed by atoms with Crippen LogP contribution in [-0.2, 0) is 14.9 Å². The summed E-state index contributed by atoms with van der Waals surface area (Å²) in [6.07, 6.45) is 2.88. The van der Waals surface area contributed by atoms with Crippen LogP contribution >= 0.6 is 35.6 Å². The molecule has 26 heavy (non-hydrogen) atoms. The van der Waals surface area contributed by atoms with Gasteiger partial charge in [0.15, 0.2) is 0 Å². The third-order valence-electron chi connectivity index (χ3n) is 3.12. The lowest BCUT2D eigenvalue weighted by atomic mass is 10.2. The molecule has 0 bridgehead atoms. The Labute approximate surface area is 163 Å². The standard InChI is InChI=1S/C14H11ClN2O6S3/c15-10(7-9-1-3-11(4-2-9)17(19)20)8-12-13(18)16(14(24)25-12)5-6-26(21,22)23/h1-4,7-8H,5-6H2,(H,21,22,23)/b10-7-,12-8-. The molecule has 1 aromatic carbocycles. The second-order valence-corrected chi connectivity index (χ2v) is 8.68. The lowest BCUT2D eigenvalue weighted by molar-refractivity contribution is -0.384. The Balaban J connectivity index is 2.14. The van der Waals surface area contributed by atoms with Crippen LogP contribution in [0.25, 0.3) is 6.08 Å². The van der Waals surface area contributed by atoms with Gasteiger partial charge >= 0.3 is 0 Å². The van der Waals surface area contributed by atoms with E-state index in [1.807, 2.05) is 0 Å². The number of non-ortho nitro benzene ring substituents is 1. The van der Waals surface area contributed by atoms with Crippen LogP contribution in [0.15, 0.2) is 40.3 Å². The van der Waals surface area contributed by atoms with E-state index in [2.05, 4.69) is 0 Å². The highest BCUT2D eigenvalue weighted by Crippen LogP contribution is 2.32. The normalized spacial score (nSPS) is 17.2. The van der Waals surface area contributed by atoms with Crippen molar-refractivity contribution in [3.05, 3.63) is 56.0 Å². The summed E-state index contributed by atoms with van der Waals surface area (Å²) in [5.41, 5.74) is 0.539. The monoisotopic (exact) mass is 434 g/mol. The molecule has 8 nitrogen and oxygen atoms in total. The van der Waals surface area contributed by atoms with Crippen LogP contribution in [0.5, 0.6) is 0 Å². The third kappa shape index (κ3) is 5.61. The average Bonchev–Trinajstić information content (AvgIpc) is 2.79. The molecule has 1 aromatic rings. The number of amides is 1. The first-order valence-electron chi connectivity index (χ1n) is 6.89. The number of hydrogen-bond acceptors (Lipinski definition) is 7. The van der Waals surface area contributed by atoms with Crippen molar-refractivity contribution >= 4 is 67.7 Å². The van der Waals surface area contributed by atoms with Crippen molar-refractivity contribution in [3.63, 3.8) is 0 Å². The molecule has 1 aliphatic heterocycles. The van der Waals surface area contributed by atoms with E-state index < -0.39 is 26.7 Å². The molecule has 1 N–H and O–H groups in total. The Hall–Kier alpha value is -1.79. The summed E-state index contributed by atoms with van der Waals surface area (Å²) in [4.78, 5) is 23.6. The molecule has 0 saturated carbocycles. The van der Waals surface area contributed by atoms with Crippen molar-refractivity contribution in [1.29, 1.82) is 0 Å². The molecule has 0 unspecified atom stereocenters. The van der Waals surface area contributed by atoms with Crippen LogP contribution in [0.4, 0.5) is 5.69 Å². The quantitative estimate of drug-likeness (QED) is 0.239. The van der Waals surface area contributed by atoms with Crippen LogP contribution in [0.3, 0.4) is 0 Å². The molecule has 138 valence electrons. The van der Waals surface area contributed by atoms with Crippen molar-refractivity contribution < 1.29 is 22.7 Å². The molecule has 1 fully saturated rings. The molecule has 1 heterocycles. The number of nitro groups is 1. The van der Waals surface area contributed by atoms with Crippen molar-refractivity contribution in [2.45, 2.75) is 0 Å². The van der Waals surface area contributed by atoms with Gasteiger partial charge in [-0.25, -0.2) is 0 Å². The van der Waals surface area contributed by atoms with Gasteiger partial charge < -0.3 is 0 Å². The maximum Gasteiger partial charge on any atom is 0.269 e. The number of halogens is 1. The maximum atomic E-state index is 12.3. The van der Waals surface area contributed by atoms with Gasteiger partial charge in [0.2, 0.25) is 0 Å². The van der Waals surface area contributed by atoms with Gasteiger partial charge in [-0.05, 0) is 29.8 Å². The highest BCUT2D eigenvalue weighted by atomic mass is 35.5. The van der Waals surface area contributed by atoms with Crippen LogP contribution in [0, 0.1) is 10.1 Å². The number of nitro benzene ring substituents is 1. The molecule has 0 atom stereocenters. The summed E-state index contributed by atoms with van der Waals surface area (Å²) in [5.74, 6) is -1.14. The van der Waals surface area contributed by atoms with Crippen molar-refractivity contribution in [3.8, 4) is 0 Å². The molecule has 0 spiro atoms. The smallest absolute Gasteiger partial charge is 0.269 e. The molecular weight excluding hydrogens is 424 g/mol. The van der Waals surface area contributed by atoms with Crippen LogP contribution < -0.4 is 0 Å². The fraction of sp³-hybridized carbons (Fsp3) is 0.143. The van der Waals surface area contributed by atoms with Crippen LogP contribution in [-0.4, -0.2) is 45.3 Å². The fourth-order valence-corrected chi connectivity index (χ4v) is 3.93. The highest BCUT2D eigenvalue weighted by Gasteiger charge is 2.32. The van der Waals surface area contributed by atoms with E-state index >= 15 is 0 Å². The molecule has 0 radical (unpaired) electrons. The van der Waals surface area contributed by atoms with E-state index in [4.69, 9.17) is 28.4 Å². The molecular formula is C14H11ClN2O6S3. The minimum absolute atomic E-state index is 0.0574. The second-order valence-electron chi connectivity index (χ2n) is 5.00. The van der Waals surface area contributed by atoms with E-state index in [1.165, 1.54) is 36.4 Å². The summed E-state index contributed by atoms with van der Waals surface area (Å²) >= 11 is 12.1. The fourth-order valence-electron chi connectivity index (χ4n) is 1.92. The van der Waals surface area contributed by atoms with E-state index in [9.17, 15) is 23.3 Å². The van der Waals surface area contributed by atoms with Crippen molar-refractivity contribution in [2.24, 2.45) is 0 Å². The first kappa shape index (κ1) is 20.5. The van der Waals surface area contributed by atoms with Gasteiger partial charge in [0.25, 0.3) is 21.7 Å². The van der Waals surface area contributed by atoms with Gasteiger partial charge in [-0.1, -0.05) is 35.6 Å². The first-order valence-corrected chi connectivity index (χ1v) is 10.1. The maximum absolute atomic E-state index is 12.3. The van der Waals surface area contributed by atoms with Gasteiger partial charge in [0.05, 0.1) is 15.6 Å². The van der Waals surface area contributed by atoms with E-state index in [1.54, 1.807) is 0 Å². The summed E-state index contributed by atoms with van der Waals surface area (Å²) in [7, 11) is -4.22. The second kappa shape index (κ2) is 8.27. The lowest BCUT2D eigenvalue weighted by Crippen LogP contribution is -2.32. The number of hydrogen-bond donors (Lipinski definition) is 1. The molecule has 1 amide bonds. The SMILES string of the molecule is O=C1/C(=C/C(Cl)=C/c2ccc([N+](=O)[O-])cc2)SC(=S)N1CCS(=O)(=O)O. The first-order chi connectivity index (χ1) is 12.1. The van der Waals surface area contributed by atoms with Crippen molar-refractivity contribution in [1.82, 2.24) is 4.90 Å². The zero-order valence-electron chi connectivity index (χ0n) is 12.9. The molecule has 2 rings (SSSR count). The zero-order chi connectivity index (χ0) is 19.5. The Morgan fingerprint density at radius 2 is 2.00 bits per heavy atom. The topological polar surface area (TPSA) is 118 Å². The predicted octanol–water partition coefficient (Wildman–Crippen LogP) is 2.81. The minimum Gasteiger partial charge on any atom is -0.292 e. The number of carbonyl (C=O) groups excluding carboxylic acids is 1. The summed E-state index contributed by atoms with van der Waals surface area (Å²) in [6.45, 7) is -0.259. The van der Waals surface area contributed by atoms with E-state index in [0.29, 0.717) is 5.56 Å². The summed E-state index contributed by atoms with van der Waals surface area (Å²) in [6, 6.07) is 5.66. The van der Waals surface area contributed by atoms with Gasteiger partial charge in [0, 0.05) is 23.7 Å². The van der Waals surface area contributed by atoms with Gasteiger partial charge in [-0.15, -0.1) is 0 Å². The van der Waals surface area contributed by atoms with Gasteiger partial charge in [-0.2, -0.15) is 8.42 Å².